The zero-order valence-electron chi connectivity index (χ0n) is 14.3. The first-order chi connectivity index (χ1) is 11.1. The molecule has 2 fully saturated rings. The Morgan fingerprint density at radius 2 is 2.08 bits per heavy atom. The van der Waals surface area contributed by atoms with E-state index in [1.807, 2.05) is 13.8 Å². The van der Waals surface area contributed by atoms with E-state index in [1.165, 1.54) is 6.26 Å². The topological polar surface area (TPSA) is 111 Å². The SMILES string of the molecule is CC1(C)CC(S(C)(=O)=O)CN1C(=O)c1cn(CC2CC(N)C2)nn1. The molecule has 9 heteroatoms. The largest absolute Gasteiger partial charge is 0.331 e. The average molecular weight is 355 g/mol. The standard InChI is InChI=1S/C15H25N5O3S/c1-15(2)6-12(24(3,22)23)8-20(15)14(21)13-9-19(18-17-13)7-10-4-11(16)5-10/h9-12H,4-8,16H2,1-3H3. The molecule has 1 saturated carbocycles. The van der Waals surface area contributed by atoms with Gasteiger partial charge in [0, 0.05) is 30.9 Å². The highest BCUT2D eigenvalue weighted by Crippen LogP contribution is 2.33. The Kier molecular flexibility index (Phi) is 4.19. The van der Waals surface area contributed by atoms with Gasteiger partial charge in [-0.15, -0.1) is 5.10 Å². The molecule has 1 unspecified atom stereocenters. The van der Waals surface area contributed by atoms with Gasteiger partial charge in [0.05, 0.1) is 11.4 Å². The summed E-state index contributed by atoms with van der Waals surface area (Å²) in [4.78, 5) is 14.4. The summed E-state index contributed by atoms with van der Waals surface area (Å²) >= 11 is 0. The molecule has 0 spiro atoms. The highest BCUT2D eigenvalue weighted by Gasteiger charge is 2.45. The van der Waals surface area contributed by atoms with E-state index in [2.05, 4.69) is 10.3 Å². The molecular weight excluding hydrogens is 330 g/mol. The van der Waals surface area contributed by atoms with Crippen LogP contribution in [0.5, 0.6) is 0 Å². The molecule has 2 aliphatic rings. The number of likely N-dealkylation sites (tertiary alicyclic amines) is 1. The van der Waals surface area contributed by atoms with Gasteiger partial charge in [-0.25, -0.2) is 8.42 Å². The Labute approximate surface area is 142 Å². The normalized spacial score (nSPS) is 29.5. The molecule has 0 radical (unpaired) electrons. The van der Waals surface area contributed by atoms with Crippen LogP contribution in [0, 0.1) is 5.92 Å². The van der Waals surface area contributed by atoms with Crippen molar-refractivity contribution in [2.24, 2.45) is 11.7 Å². The van der Waals surface area contributed by atoms with Crippen LogP contribution in [0.2, 0.25) is 0 Å². The number of rotatable bonds is 4. The van der Waals surface area contributed by atoms with Crippen LogP contribution >= 0.6 is 0 Å². The van der Waals surface area contributed by atoms with E-state index in [-0.39, 0.29) is 24.2 Å². The van der Waals surface area contributed by atoms with Gasteiger partial charge in [-0.05, 0) is 39.0 Å². The van der Waals surface area contributed by atoms with Crippen LogP contribution in [0.4, 0.5) is 0 Å². The number of nitrogens with zero attached hydrogens (tertiary/aromatic N) is 4. The molecule has 1 aromatic rings. The lowest BCUT2D eigenvalue weighted by atomic mass is 9.81. The molecule has 0 aromatic carbocycles. The second-order valence-electron chi connectivity index (χ2n) is 7.81. The smallest absolute Gasteiger partial charge is 0.276 e. The van der Waals surface area contributed by atoms with Crippen molar-refractivity contribution in [2.45, 2.75) is 56.5 Å². The van der Waals surface area contributed by atoms with Crippen molar-refractivity contribution in [3.05, 3.63) is 11.9 Å². The quantitative estimate of drug-likeness (QED) is 0.817. The van der Waals surface area contributed by atoms with E-state index in [9.17, 15) is 13.2 Å². The number of nitrogens with two attached hydrogens (primary N) is 1. The number of hydrogen-bond acceptors (Lipinski definition) is 6. The molecule has 1 aliphatic heterocycles. The highest BCUT2D eigenvalue weighted by molar-refractivity contribution is 7.91. The van der Waals surface area contributed by atoms with Crippen molar-refractivity contribution < 1.29 is 13.2 Å². The van der Waals surface area contributed by atoms with Crippen molar-refractivity contribution >= 4 is 15.7 Å². The summed E-state index contributed by atoms with van der Waals surface area (Å²) in [5.74, 6) is 0.227. The highest BCUT2D eigenvalue weighted by atomic mass is 32.2. The second-order valence-corrected chi connectivity index (χ2v) is 10.1. The molecular formula is C15H25N5O3S. The van der Waals surface area contributed by atoms with Crippen molar-refractivity contribution in [2.75, 3.05) is 12.8 Å². The number of carbonyl (C=O) groups excluding carboxylic acids is 1. The molecule has 24 heavy (non-hydrogen) atoms. The van der Waals surface area contributed by atoms with Crippen molar-refractivity contribution in [1.82, 2.24) is 19.9 Å². The van der Waals surface area contributed by atoms with Gasteiger partial charge >= 0.3 is 0 Å². The Hall–Kier alpha value is -1.48. The van der Waals surface area contributed by atoms with E-state index in [4.69, 9.17) is 5.73 Å². The fourth-order valence-corrected chi connectivity index (χ4v) is 4.78. The van der Waals surface area contributed by atoms with Crippen LogP contribution in [-0.2, 0) is 16.4 Å². The third kappa shape index (κ3) is 3.32. The predicted octanol–water partition coefficient (Wildman–Crippen LogP) is 0.0531. The number of sulfone groups is 1. The van der Waals surface area contributed by atoms with Crippen LogP contribution < -0.4 is 5.73 Å². The van der Waals surface area contributed by atoms with E-state index in [1.54, 1.807) is 15.8 Å². The number of amides is 1. The van der Waals surface area contributed by atoms with Gasteiger partial charge < -0.3 is 10.6 Å². The minimum absolute atomic E-state index is 0.203. The Balaban J connectivity index is 1.71. The van der Waals surface area contributed by atoms with Crippen molar-refractivity contribution in [3.63, 3.8) is 0 Å². The zero-order chi connectivity index (χ0) is 17.7. The van der Waals surface area contributed by atoms with E-state index < -0.39 is 20.6 Å². The van der Waals surface area contributed by atoms with Gasteiger partial charge in [0.1, 0.15) is 0 Å². The molecule has 1 aromatic heterocycles. The Morgan fingerprint density at radius 3 is 2.62 bits per heavy atom. The first kappa shape index (κ1) is 17.3. The molecule has 0 bridgehead atoms. The molecule has 2 heterocycles. The molecule has 8 nitrogen and oxygen atoms in total. The summed E-state index contributed by atoms with van der Waals surface area (Å²) in [6.45, 7) is 4.69. The fraction of sp³-hybridized carbons (Fsp3) is 0.800. The maximum Gasteiger partial charge on any atom is 0.276 e. The fourth-order valence-electron chi connectivity index (χ4n) is 3.65. The Morgan fingerprint density at radius 1 is 1.42 bits per heavy atom. The third-order valence-electron chi connectivity index (χ3n) is 5.17. The average Bonchev–Trinajstić information content (AvgIpc) is 3.00. The lowest BCUT2D eigenvalue weighted by molar-refractivity contribution is 0.0646. The summed E-state index contributed by atoms with van der Waals surface area (Å²) in [7, 11) is -3.18. The summed E-state index contributed by atoms with van der Waals surface area (Å²) < 4.78 is 25.4. The monoisotopic (exact) mass is 355 g/mol. The van der Waals surface area contributed by atoms with Crippen LogP contribution in [0.15, 0.2) is 6.20 Å². The van der Waals surface area contributed by atoms with E-state index >= 15 is 0 Å². The van der Waals surface area contributed by atoms with Crippen molar-refractivity contribution in [1.29, 1.82) is 0 Å². The van der Waals surface area contributed by atoms with Crippen LogP contribution in [0.25, 0.3) is 0 Å². The van der Waals surface area contributed by atoms with Crippen LogP contribution in [0.3, 0.4) is 0 Å². The number of carbonyl (C=O) groups is 1. The minimum Gasteiger partial charge on any atom is -0.331 e. The second kappa shape index (κ2) is 5.80. The molecule has 1 amide bonds. The lowest BCUT2D eigenvalue weighted by Gasteiger charge is -2.32. The molecule has 1 saturated heterocycles. The summed E-state index contributed by atoms with van der Waals surface area (Å²) in [6.07, 6.45) is 5.25. The molecule has 1 aliphatic carbocycles. The predicted molar refractivity (Wildman–Crippen MR) is 89.1 cm³/mol. The van der Waals surface area contributed by atoms with Gasteiger partial charge in [-0.2, -0.15) is 0 Å². The maximum atomic E-state index is 12.8. The molecule has 2 N–H and O–H groups in total. The Bertz CT molecular complexity index is 736. The van der Waals surface area contributed by atoms with Gasteiger partial charge in [-0.3, -0.25) is 9.48 Å². The molecule has 134 valence electrons. The van der Waals surface area contributed by atoms with Gasteiger partial charge in [-0.1, -0.05) is 5.21 Å². The van der Waals surface area contributed by atoms with Gasteiger partial charge in [0.15, 0.2) is 15.5 Å². The number of aromatic nitrogens is 3. The summed E-state index contributed by atoms with van der Waals surface area (Å²) in [6, 6.07) is 0.276. The van der Waals surface area contributed by atoms with Crippen molar-refractivity contribution in [3.8, 4) is 0 Å². The zero-order valence-corrected chi connectivity index (χ0v) is 15.2. The number of hydrogen-bond donors (Lipinski definition) is 1. The lowest BCUT2D eigenvalue weighted by Crippen LogP contribution is -2.43. The summed E-state index contributed by atoms with van der Waals surface area (Å²) in [5.41, 5.74) is 5.53. The molecule has 3 rings (SSSR count). The first-order valence-electron chi connectivity index (χ1n) is 8.23. The minimum atomic E-state index is -3.18. The molecule has 1 atom stereocenters. The van der Waals surface area contributed by atoms with E-state index in [0.717, 1.165) is 12.8 Å². The van der Waals surface area contributed by atoms with Crippen LogP contribution in [0.1, 0.15) is 43.6 Å². The van der Waals surface area contributed by atoms with E-state index in [0.29, 0.717) is 18.9 Å². The van der Waals surface area contributed by atoms with Gasteiger partial charge in [0.25, 0.3) is 5.91 Å². The third-order valence-corrected chi connectivity index (χ3v) is 6.70. The maximum absolute atomic E-state index is 12.8. The van der Waals surface area contributed by atoms with Crippen LogP contribution in [-0.4, -0.2) is 63.8 Å². The van der Waals surface area contributed by atoms with Gasteiger partial charge in [0.2, 0.25) is 0 Å². The first-order valence-corrected chi connectivity index (χ1v) is 10.2. The summed E-state index contributed by atoms with van der Waals surface area (Å²) in [5, 5.41) is 7.49.